The number of aryl methyl sites for hydroxylation is 4. The Balaban J connectivity index is 0.00000148. The first-order valence-corrected chi connectivity index (χ1v) is 16.9. The van der Waals surface area contributed by atoms with Crippen LogP contribution in [0.4, 0.5) is 0 Å². The van der Waals surface area contributed by atoms with Crippen LogP contribution in [-0.4, -0.2) is 16.9 Å². The lowest BCUT2D eigenvalue weighted by molar-refractivity contribution is 0.0978. The molecule has 2 nitrogen and oxygen atoms in total. The van der Waals surface area contributed by atoms with E-state index in [0.29, 0.717) is 22.3 Å². The normalized spacial score (nSPS) is 12.8. The van der Waals surface area contributed by atoms with Crippen LogP contribution in [0.15, 0.2) is 72.8 Å². The molecule has 0 spiro atoms. The van der Waals surface area contributed by atoms with Gasteiger partial charge in [0.2, 0.25) is 0 Å². The van der Waals surface area contributed by atoms with Crippen molar-refractivity contribution in [3.63, 3.8) is 0 Å². The molecule has 0 saturated heterocycles. The van der Waals surface area contributed by atoms with E-state index in [1.165, 1.54) is 0 Å². The number of alkyl halides is 2. The number of carbonyl (C=O) groups excluding carboxylic acids is 2. The molecule has 5 rings (SSSR count). The van der Waals surface area contributed by atoms with E-state index in [1.54, 1.807) is 0 Å². The fourth-order valence-corrected chi connectivity index (χ4v) is 5.92. The van der Waals surface area contributed by atoms with Gasteiger partial charge in [0.05, 0.1) is 5.34 Å². The van der Waals surface area contributed by atoms with Crippen LogP contribution < -0.4 is 0 Å². The van der Waals surface area contributed by atoms with E-state index in [-0.39, 0.29) is 27.7 Å². The minimum Gasteiger partial charge on any atom is -0.289 e. The number of fused-ring (bicyclic) bond motifs is 2. The van der Waals surface area contributed by atoms with Crippen LogP contribution in [0.1, 0.15) is 108 Å². The Kier molecular flexibility index (Phi) is 10.8. The van der Waals surface area contributed by atoms with Crippen LogP contribution in [0.3, 0.4) is 0 Å². The van der Waals surface area contributed by atoms with Crippen molar-refractivity contribution in [2.45, 2.75) is 81.1 Å². The smallest absolute Gasteiger partial charge is 0.195 e. The monoisotopic (exact) mass is 640 g/mol. The Morgan fingerprint density at radius 1 is 0.489 bits per heavy atom. The average molecular weight is 642 g/mol. The molecule has 0 bridgehead atoms. The molecule has 1 aliphatic rings. The highest BCUT2D eigenvalue weighted by atomic mass is 35.5. The maximum absolute atomic E-state index is 14.9. The second-order valence-electron chi connectivity index (χ2n) is 14.7. The zero-order valence-electron chi connectivity index (χ0n) is 28.0. The number of hydrogen-bond acceptors (Lipinski definition) is 2. The molecule has 0 unspecified atom stereocenters. The van der Waals surface area contributed by atoms with Crippen LogP contribution in [0, 0.1) is 24.7 Å². The third kappa shape index (κ3) is 8.15. The molecule has 0 amide bonds. The molecule has 0 aromatic heterocycles. The van der Waals surface area contributed by atoms with E-state index in [1.807, 2.05) is 12.1 Å². The summed E-state index contributed by atoms with van der Waals surface area (Å²) in [7, 11) is 0. The fourth-order valence-electron chi connectivity index (χ4n) is 5.92. The van der Waals surface area contributed by atoms with E-state index in [2.05, 4.69) is 116 Å². The summed E-state index contributed by atoms with van der Waals surface area (Å²) in [5.41, 5.74) is 10.4. The van der Waals surface area contributed by atoms with Crippen LogP contribution in [0.5, 0.6) is 0 Å². The highest BCUT2D eigenvalue weighted by Gasteiger charge is 2.37. The minimum absolute atomic E-state index is 0.0225. The predicted molar refractivity (Wildman–Crippen MR) is 192 cm³/mol. The molecule has 0 radical (unpaired) electrons. The molecular formula is C41H46Cl2O2. The van der Waals surface area contributed by atoms with Crippen molar-refractivity contribution in [2.24, 2.45) is 10.8 Å². The Morgan fingerprint density at radius 3 is 1.09 bits per heavy atom. The summed E-state index contributed by atoms with van der Waals surface area (Å²) in [6.45, 7) is 17.5. The number of hydrogen-bond donors (Lipinski definition) is 0. The van der Waals surface area contributed by atoms with Gasteiger partial charge in [-0.2, -0.15) is 0 Å². The topological polar surface area (TPSA) is 34.1 Å². The lowest BCUT2D eigenvalue weighted by Gasteiger charge is -2.28. The summed E-state index contributed by atoms with van der Waals surface area (Å²) in [6, 6.07) is 24.8. The summed E-state index contributed by atoms with van der Waals surface area (Å²) in [4.78, 5) is 29.8. The minimum atomic E-state index is -0.0225. The van der Waals surface area contributed by atoms with Crippen molar-refractivity contribution in [2.75, 3.05) is 5.34 Å². The molecule has 0 atom stereocenters. The molecule has 236 valence electrons. The highest BCUT2D eigenvalue weighted by Crippen LogP contribution is 2.43. The van der Waals surface area contributed by atoms with Crippen LogP contribution in [-0.2, 0) is 12.8 Å². The number of ketones is 2. The van der Waals surface area contributed by atoms with E-state index in [0.717, 1.165) is 70.2 Å². The van der Waals surface area contributed by atoms with Crippen LogP contribution in [0.25, 0.3) is 22.3 Å². The van der Waals surface area contributed by atoms with E-state index < -0.39 is 0 Å². The number of rotatable bonds is 6. The lowest BCUT2D eigenvalue weighted by Crippen LogP contribution is -2.27. The van der Waals surface area contributed by atoms with Gasteiger partial charge >= 0.3 is 0 Å². The molecule has 45 heavy (non-hydrogen) atoms. The summed E-state index contributed by atoms with van der Waals surface area (Å²) in [5.74, 6) is -0.0451. The highest BCUT2D eigenvalue weighted by molar-refractivity contribution is 6.40. The second-order valence-corrected chi connectivity index (χ2v) is 15.5. The van der Waals surface area contributed by atoms with Gasteiger partial charge in [0.1, 0.15) is 0 Å². The maximum Gasteiger partial charge on any atom is 0.195 e. The van der Waals surface area contributed by atoms with Gasteiger partial charge in [0.15, 0.2) is 11.6 Å². The predicted octanol–water partition coefficient (Wildman–Crippen LogP) is 11.8. The first kappa shape index (κ1) is 34.7. The van der Waals surface area contributed by atoms with Gasteiger partial charge in [-0.15, -0.1) is 23.2 Å². The molecule has 0 N–H and O–H groups in total. The van der Waals surface area contributed by atoms with Crippen molar-refractivity contribution in [3.05, 3.63) is 117 Å². The molecule has 1 aliphatic carbocycles. The Bertz CT molecular complexity index is 1560. The Labute approximate surface area is 280 Å². The van der Waals surface area contributed by atoms with Crippen molar-refractivity contribution in [1.82, 2.24) is 0 Å². The molecule has 4 aromatic carbocycles. The standard InChI is InChI=1S/C40H44O2.CH2Cl2/c1-25-9-13-27(14-10-25)31-19-20-32(28-15-11-26(2)12-16-28)36-35(31)37(41)33-29(21-23-39(3,4)5)17-18-30(34(33)38(36)42)22-24-40(6,7)8;2-1-3/h9-20H,21-24H2,1-8H3;1H2. The second kappa shape index (κ2) is 14.1. The molecule has 0 saturated carbocycles. The molecule has 0 heterocycles. The van der Waals surface area contributed by atoms with Crippen molar-refractivity contribution in [1.29, 1.82) is 0 Å². The summed E-state index contributed by atoms with van der Waals surface area (Å²) in [5, 5.41) is 0.194. The SMILES string of the molecule is Cc1ccc(-c2ccc(-c3ccc(C)cc3)c3c2C(=O)c2c(CCC(C)(C)C)ccc(CCC(C)(C)C)c2C3=O)cc1.ClCCl. The van der Waals surface area contributed by atoms with Crippen molar-refractivity contribution >= 4 is 34.8 Å². The largest absolute Gasteiger partial charge is 0.289 e. The average Bonchev–Trinajstić information content (AvgIpc) is 2.97. The third-order valence-electron chi connectivity index (χ3n) is 8.51. The first-order chi connectivity index (χ1) is 21.1. The van der Waals surface area contributed by atoms with Gasteiger partial charge in [-0.1, -0.05) is 125 Å². The van der Waals surface area contributed by atoms with E-state index >= 15 is 0 Å². The zero-order chi connectivity index (χ0) is 33.1. The molecular weight excluding hydrogens is 595 g/mol. The summed E-state index contributed by atoms with van der Waals surface area (Å²) < 4.78 is 0. The molecule has 4 aromatic rings. The van der Waals surface area contributed by atoms with Crippen molar-refractivity contribution < 1.29 is 9.59 Å². The van der Waals surface area contributed by atoms with Crippen LogP contribution in [0.2, 0.25) is 0 Å². The van der Waals surface area contributed by atoms with Gasteiger partial charge in [-0.3, -0.25) is 9.59 Å². The van der Waals surface area contributed by atoms with Crippen LogP contribution >= 0.6 is 23.2 Å². The van der Waals surface area contributed by atoms with E-state index in [9.17, 15) is 9.59 Å². The molecule has 4 heteroatoms. The maximum atomic E-state index is 14.9. The lowest BCUT2D eigenvalue weighted by atomic mass is 9.73. The summed E-state index contributed by atoms with van der Waals surface area (Å²) >= 11 is 9.53. The van der Waals surface area contributed by atoms with Gasteiger partial charge in [0, 0.05) is 22.3 Å². The first-order valence-electron chi connectivity index (χ1n) is 15.8. The molecule has 0 fully saturated rings. The number of benzene rings is 4. The van der Waals surface area contributed by atoms with E-state index in [4.69, 9.17) is 23.2 Å². The molecule has 0 aliphatic heterocycles. The van der Waals surface area contributed by atoms with Gasteiger partial charge in [-0.25, -0.2) is 0 Å². The Hall–Kier alpha value is -3.20. The van der Waals surface area contributed by atoms with Gasteiger partial charge in [0.25, 0.3) is 0 Å². The summed E-state index contributed by atoms with van der Waals surface area (Å²) in [6.07, 6.45) is 3.39. The third-order valence-corrected chi connectivity index (χ3v) is 8.51. The number of halogens is 2. The fraction of sp³-hybridized carbons (Fsp3) is 0.366. The van der Waals surface area contributed by atoms with Crippen molar-refractivity contribution in [3.8, 4) is 22.3 Å². The zero-order valence-corrected chi connectivity index (χ0v) is 29.5. The quantitative estimate of drug-likeness (QED) is 0.173. The number of carbonyl (C=O) groups is 2. The Morgan fingerprint density at radius 2 is 0.800 bits per heavy atom. The van der Waals surface area contributed by atoms with Gasteiger partial charge < -0.3 is 0 Å². The van der Waals surface area contributed by atoms with Gasteiger partial charge in [-0.05, 0) is 83.7 Å².